The number of hydrogen-bond donors (Lipinski definition) is 0. The van der Waals surface area contributed by atoms with E-state index in [4.69, 9.17) is 5.26 Å². The lowest BCUT2D eigenvalue weighted by Gasteiger charge is -2.12. The maximum Gasteiger partial charge on any atom is 0.245 e. The molecule has 0 bridgehead atoms. The van der Waals surface area contributed by atoms with Gasteiger partial charge in [-0.15, -0.1) is 0 Å². The third-order valence-corrected chi connectivity index (χ3v) is 8.18. The first-order valence-electron chi connectivity index (χ1n) is 7.75. The molecular formula is C17H18Br2FN3O4S2. The Balaban J connectivity index is 0.000000291. The van der Waals surface area contributed by atoms with Gasteiger partial charge in [0.05, 0.1) is 5.56 Å². The van der Waals surface area contributed by atoms with Crippen LogP contribution in [0.3, 0.4) is 0 Å². The molecule has 0 radical (unpaired) electrons. The Morgan fingerprint density at radius 3 is 1.66 bits per heavy atom. The van der Waals surface area contributed by atoms with E-state index in [1.54, 1.807) is 6.07 Å². The number of rotatable bonds is 4. The van der Waals surface area contributed by atoms with Crippen LogP contribution in [0.25, 0.3) is 0 Å². The Morgan fingerprint density at radius 1 is 0.828 bits per heavy atom. The molecule has 29 heavy (non-hydrogen) atoms. The Labute approximate surface area is 187 Å². The molecule has 158 valence electrons. The Hall–Kier alpha value is -1.36. The van der Waals surface area contributed by atoms with Gasteiger partial charge in [0.2, 0.25) is 20.0 Å². The molecule has 0 atom stereocenters. The molecule has 0 aromatic heterocycles. The molecule has 0 aliphatic heterocycles. The van der Waals surface area contributed by atoms with E-state index in [1.165, 1.54) is 52.5 Å². The van der Waals surface area contributed by atoms with Crippen LogP contribution in [0.15, 0.2) is 55.1 Å². The van der Waals surface area contributed by atoms with Crippen LogP contribution in [-0.4, -0.2) is 53.6 Å². The molecule has 2 aromatic rings. The average Bonchev–Trinajstić information content (AvgIpc) is 2.61. The third-order valence-electron chi connectivity index (χ3n) is 3.47. The van der Waals surface area contributed by atoms with E-state index < -0.39 is 25.9 Å². The summed E-state index contributed by atoms with van der Waals surface area (Å²) in [6, 6.07) is 10.2. The fourth-order valence-corrected chi connectivity index (χ4v) is 4.54. The topological polar surface area (TPSA) is 98.5 Å². The van der Waals surface area contributed by atoms with Gasteiger partial charge in [-0.2, -0.15) is 5.26 Å². The van der Waals surface area contributed by atoms with Gasteiger partial charge in [0.15, 0.2) is 0 Å². The Bertz CT molecular complexity index is 1150. The smallest absolute Gasteiger partial charge is 0.207 e. The van der Waals surface area contributed by atoms with Gasteiger partial charge in [0.1, 0.15) is 21.7 Å². The van der Waals surface area contributed by atoms with E-state index >= 15 is 0 Å². The van der Waals surface area contributed by atoms with Crippen molar-refractivity contribution >= 4 is 51.9 Å². The Kier molecular flexibility index (Phi) is 8.94. The van der Waals surface area contributed by atoms with Gasteiger partial charge in [0.25, 0.3) is 0 Å². The predicted octanol–water partition coefficient (Wildman–Crippen LogP) is 3.41. The molecule has 0 aliphatic carbocycles. The molecule has 0 aliphatic rings. The molecule has 0 saturated heterocycles. The van der Waals surface area contributed by atoms with E-state index in [0.29, 0.717) is 8.95 Å². The SMILES string of the molecule is CN(C)S(=O)(=O)c1ccc(Br)cc1C#N.CN(C)S(=O)(=O)c1ccc(Br)cc1F. The second-order valence-corrected chi connectivity index (χ2v) is 12.0. The quantitative estimate of drug-likeness (QED) is 0.561. The summed E-state index contributed by atoms with van der Waals surface area (Å²) in [7, 11) is -1.66. The lowest BCUT2D eigenvalue weighted by atomic mass is 10.2. The van der Waals surface area contributed by atoms with Gasteiger partial charge in [-0.3, -0.25) is 0 Å². The summed E-state index contributed by atoms with van der Waals surface area (Å²) in [6.07, 6.45) is 0. The zero-order valence-corrected chi connectivity index (χ0v) is 20.7. The summed E-state index contributed by atoms with van der Waals surface area (Å²) in [5, 5.41) is 8.83. The zero-order valence-electron chi connectivity index (χ0n) is 15.9. The molecule has 0 saturated carbocycles. The van der Waals surface area contributed by atoms with Gasteiger partial charge in [-0.05, 0) is 36.4 Å². The van der Waals surface area contributed by atoms with Crippen LogP contribution in [0, 0.1) is 17.1 Å². The summed E-state index contributed by atoms with van der Waals surface area (Å²) in [4.78, 5) is -0.288. The molecule has 2 aromatic carbocycles. The summed E-state index contributed by atoms with van der Waals surface area (Å²) in [5.41, 5.74) is 0.137. The highest BCUT2D eigenvalue weighted by Crippen LogP contribution is 2.22. The highest BCUT2D eigenvalue weighted by molar-refractivity contribution is 9.10. The largest absolute Gasteiger partial charge is 0.245 e. The number of nitrogens with zero attached hydrogens (tertiary/aromatic N) is 3. The summed E-state index contributed by atoms with van der Waals surface area (Å²) >= 11 is 6.23. The van der Waals surface area contributed by atoms with Crippen molar-refractivity contribution in [1.29, 1.82) is 5.26 Å². The Morgan fingerprint density at radius 2 is 1.24 bits per heavy atom. The zero-order chi connectivity index (χ0) is 22.6. The van der Waals surface area contributed by atoms with Crippen molar-refractivity contribution in [3.63, 3.8) is 0 Å². The lowest BCUT2D eigenvalue weighted by Crippen LogP contribution is -2.23. The predicted molar refractivity (Wildman–Crippen MR) is 115 cm³/mol. The minimum Gasteiger partial charge on any atom is -0.207 e. The molecule has 12 heteroatoms. The minimum atomic E-state index is -3.69. The van der Waals surface area contributed by atoms with Crippen molar-refractivity contribution in [3.8, 4) is 6.07 Å². The molecule has 0 unspecified atom stereocenters. The van der Waals surface area contributed by atoms with E-state index in [1.807, 2.05) is 6.07 Å². The van der Waals surface area contributed by atoms with Gasteiger partial charge in [-0.25, -0.2) is 29.8 Å². The highest BCUT2D eigenvalue weighted by atomic mass is 79.9. The molecule has 7 nitrogen and oxygen atoms in total. The van der Waals surface area contributed by atoms with Crippen LogP contribution in [0.2, 0.25) is 0 Å². The summed E-state index contributed by atoms with van der Waals surface area (Å²) in [5.74, 6) is -0.756. The standard InChI is InChI=1S/C9H9BrN2O2S.C8H9BrFNO2S/c1-12(2)15(13,14)9-4-3-8(10)5-7(9)6-11;1-11(2)14(12,13)8-4-3-6(9)5-7(8)10/h3-5H,1-2H3;3-5H,1-2H3. The first-order valence-corrected chi connectivity index (χ1v) is 12.2. The maximum atomic E-state index is 13.3. The van der Waals surface area contributed by atoms with E-state index in [0.717, 1.165) is 14.7 Å². The van der Waals surface area contributed by atoms with Gasteiger partial charge in [0, 0.05) is 37.1 Å². The lowest BCUT2D eigenvalue weighted by molar-refractivity contribution is 0.507. The van der Waals surface area contributed by atoms with Gasteiger partial charge in [-0.1, -0.05) is 31.9 Å². The first kappa shape index (κ1) is 25.7. The van der Waals surface area contributed by atoms with Crippen molar-refractivity contribution in [1.82, 2.24) is 8.61 Å². The second-order valence-electron chi connectivity index (χ2n) is 5.90. The number of sulfonamides is 2. The third kappa shape index (κ3) is 6.31. The van der Waals surface area contributed by atoms with Crippen molar-refractivity contribution in [2.24, 2.45) is 0 Å². The molecule has 0 N–H and O–H groups in total. The molecule has 2 rings (SSSR count). The van der Waals surface area contributed by atoms with E-state index in [-0.39, 0.29) is 15.4 Å². The molecule has 0 spiro atoms. The van der Waals surface area contributed by atoms with Crippen LogP contribution >= 0.6 is 31.9 Å². The molecule has 0 fully saturated rings. The number of benzene rings is 2. The van der Waals surface area contributed by atoms with Crippen molar-refractivity contribution in [3.05, 3.63) is 56.7 Å². The maximum absolute atomic E-state index is 13.3. The average molecular weight is 571 g/mol. The molecule has 0 heterocycles. The molecular weight excluding hydrogens is 553 g/mol. The number of nitriles is 1. The van der Waals surface area contributed by atoms with Crippen molar-refractivity contribution in [2.75, 3.05) is 28.2 Å². The van der Waals surface area contributed by atoms with Gasteiger partial charge < -0.3 is 0 Å². The molecule has 0 amide bonds. The van der Waals surface area contributed by atoms with Gasteiger partial charge >= 0.3 is 0 Å². The second kappa shape index (κ2) is 10.1. The van der Waals surface area contributed by atoms with Crippen LogP contribution in [0.1, 0.15) is 5.56 Å². The van der Waals surface area contributed by atoms with E-state index in [2.05, 4.69) is 31.9 Å². The fraction of sp³-hybridized carbons (Fsp3) is 0.235. The minimum absolute atomic E-state index is 0.0261. The van der Waals surface area contributed by atoms with E-state index in [9.17, 15) is 21.2 Å². The fourth-order valence-electron chi connectivity index (χ4n) is 1.89. The van der Waals surface area contributed by atoms with Crippen molar-refractivity contribution in [2.45, 2.75) is 9.79 Å². The summed E-state index contributed by atoms with van der Waals surface area (Å²) in [6.45, 7) is 0. The normalized spacial score (nSPS) is 11.7. The van der Waals surface area contributed by atoms with Crippen LogP contribution in [0.5, 0.6) is 0 Å². The van der Waals surface area contributed by atoms with Crippen LogP contribution in [-0.2, 0) is 20.0 Å². The number of halogens is 3. The highest BCUT2D eigenvalue weighted by Gasteiger charge is 2.22. The van der Waals surface area contributed by atoms with Crippen molar-refractivity contribution < 1.29 is 21.2 Å². The summed E-state index contributed by atoms with van der Waals surface area (Å²) < 4.78 is 63.1. The monoisotopic (exact) mass is 569 g/mol. The van der Waals surface area contributed by atoms with Crippen LogP contribution < -0.4 is 0 Å². The first-order chi connectivity index (χ1) is 13.2. The van der Waals surface area contributed by atoms with Crippen LogP contribution in [0.4, 0.5) is 4.39 Å². The number of hydrogen-bond acceptors (Lipinski definition) is 5.